The molecule has 2 aromatic rings. The van der Waals surface area contributed by atoms with Gasteiger partial charge in [0, 0.05) is 36.2 Å². The number of carbonyl (C=O) groups is 2. The Labute approximate surface area is 198 Å². The zero-order chi connectivity index (χ0) is 23.2. The van der Waals surface area contributed by atoms with Gasteiger partial charge in [-0.15, -0.1) is 0 Å². The van der Waals surface area contributed by atoms with Gasteiger partial charge < -0.3 is 15.4 Å². The number of hydrogen-bond donors (Lipinski definition) is 2. The minimum Gasteiger partial charge on any atom is -0.376 e. The van der Waals surface area contributed by atoms with Crippen molar-refractivity contribution in [1.29, 1.82) is 0 Å². The van der Waals surface area contributed by atoms with E-state index in [1.165, 1.54) is 6.07 Å². The Morgan fingerprint density at radius 2 is 1.88 bits per heavy atom. The molecule has 1 atom stereocenters. The predicted octanol–water partition coefficient (Wildman–Crippen LogP) is 4.24. The van der Waals surface area contributed by atoms with E-state index in [9.17, 15) is 14.0 Å². The van der Waals surface area contributed by atoms with Gasteiger partial charge >= 0.3 is 0 Å². The Hall–Kier alpha value is -2.48. The smallest absolute Gasteiger partial charge is 0.253 e. The molecule has 0 unspecified atom stereocenters. The summed E-state index contributed by atoms with van der Waals surface area (Å²) in [4.78, 5) is 27.7. The van der Waals surface area contributed by atoms with E-state index < -0.39 is 0 Å². The first-order valence-corrected chi connectivity index (χ1v) is 11.8. The van der Waals surface area contributed by atoms with E-state index in [4.69, 9.17) is 16.3 Å². The highest BCUT2D eigenvalue weighted by molar-refractivity contribution is 6.31. The molecular formula is C25H29ClFN3O3. The fourth-order valence-electron chi connectivity index (χ4n) is 4.39. The molecule has 33 heavy (non-hydrogen) atoms. The lowest BCUT2D eigenvalue weighted by Crippen LogP contribution is -2.38. The molecule has 8 heteroatoms. The van der Waals surface area contributed by atoms with Gasteiger partial charge in [0.05, 0.1) is 17.4 Å². The first kappa shape index (κ1) is 23.7. The lowest BCUT2D eigenvalue weighted by molar-refractivity contribution is -0.121. The number of halogens is 2. The van der Waals surface area contributed by atoms with E-state index in [0.29, 0.717) is 60.9 Å². The number of ether oxygens (including phenoxy) is 1. The van der Waals surface area contributed by atoms with Crippen LogP contribution in [0.3, 0.4) is 0 Å². The third-order valence-corrected chi connectivity index (χ3v) is 6.70. The molecule has 2 aliphatic rings. The minimum atomic E-state index is -0.309. The summed E-state index contributed by atoms with van der Waals surface area (Å²) in [6.07, 6.45) is 3.33. The molecule has 0 saturated carbocycles. The van der Waals surface area contributed by atoms with E-state index in [1.54, 1.807) is 36.4 Å². The first-order valence-electron chi connectivity index (χ1n) is 11.5. The third-order valence-electron chi connectivity index (χ3n) is 6.35. The van der Waals surface area contributed by atoms with E-state index in [0.717, 1.165) is 19.4 Å². The lowest BCUT2D eigenvalue weighted by atomic mass is 9.95. The average Bonchev–Trinajstić information content (AvgIpc) is 3.34. The molecule has 2 saturated heterocycles. The summed E-state index contributed by atoms with van der Waals surface area (Å²) < 4.78 is 19.6. The Kier molecular flexibility index (Phi) is 7.96. The number of nitrogens with one attached hydrogen (secondary N) is 2. The molecule has 2 N–H and O–H groups in total. The molecule has 0 spiro atoms. The number of benzene rings is 2. The number of rotatable bonds is 7. The van der Waals surface area contributed by atoms with Crippen LogP contribution in [0.2, 0.25) is 5.02 Å². The van der Waals surface area contributed by atoms with Crippen molar-refractivity contribution in [1.82, 2.24) is 10.2 Å². The molecule has 0 bridgehead atoms. The van der Waals surface area contributed by atoms with Crippen molar-refractivity contribution in [2.75, 3.05) is 31.6 Å². The third kappa shape index (κ3) is 6.10. The Morgan fingerprint density at radius 1 is 1.09 bits per heavy atom. The fourth-order valence-corrected chi connectivity index (χ4v) is 4.62. The summed E-state index contributed by atoms with van der Waals surface area (Å²) >= 11 is 6.15. The van der Waals surface area contributed by atoms with Gasteiger partial charge in [-0.25, -0.2) is 4.39 Å². The predicted molar refractivity (Wildman–Crippen MR) is 126 cm³/mol. The maximum absolute atomic E-state index is 14.1. The van der Waals surface area contributed by atoms with Crippen LogP contribution in [0, 0.1) is 11.7 Å². The molecule has 2 aromatic carbocycles. The zero-order valence-electron chi connectivity index (χ0n) is 18.5. The van der Waals surface area contributed by atoms with E-state index >= 15 is 0 Å². The topological polar surface area (TPSA) is 70.7 Å². The van der Waals surface area contributed by atoms with Gasteiger partial charge in [0.15, 0.2) is 0 Å². The molecule has 0 aromatic heterocycles. The van der Waals surface area contributed by atoms with Crippen molar-refractivity contribution >= 4 is 29.1 Å². The fraction of sp³-hybridized carbons (Fsp3) is 0.440. The SMILES string of the molecule is O=C(NC[C@H]1CCCO1)c1ccccc1NC(=O)C1CCN(Cc2c(F)cccc2Cl)CC1. The summed E-state index contributed by atoms with van der Waals surface area (Å²) in [5.41, 5.74) is 1.44. The van der Waals surface area contributed by atoms with Crippen LogP contribution >= 0.6 is 11.6 Å². The first-order chi connectivity index (χ1) is 16.0. The van der Waals surface area contributed by atoms with Crippen LogP contribution in [0.15, 0.2) is 42.5 Å². The second-order valence-corrected chi connectivity index (χ2v) is 9.04. The Morgan fingerprint density at radius 3 is 2.61 bits per heavy atom. The zero-order valence-corrected chi connectivity index (χ0v) is 19.2. The Bertz CT molecular complexity index is 968. The van der Waals surface area contributed by atoms with Gasteiger partial charge in [-0.3, -0.25) is 14.5 Å². The number of hydrogen-bond acceptors (Lipinski definition) is 4. The van der Waals surface area contributed by atoms with E-state index in [-0.39, 0.29) is 29.7 Å². The molecule has 2 heterocycles. The van der Waals surface area contributed by atoms with Crippen molar-refractivity contribution in [3.63, 3.8) is 0 Å². The van der Waals surface area contributed by atoms with Gasteiger partial charge in [-0.05, 0) is 63.0 Å². The summed E-state index contributed by atoms with van der Waals surface area (Å²) in [5, 5.41) is 6.27. The number of para-hydroxylation sites is 1. The van der Waals surface area contributed by atoms with Gasteiger partial charge in [0.1, 0.15) is 5.82 Å². The highest BCUT2D eigenvalue weighted by Gasteiger charge is 2.27. The van der Waals surface area contributed by atoms with Crippen LogP contribution in [-0.2, 0) is 16.1 Å². The number of piperidine rings is 1. The summed E-state index contributed by atoms with van der Waals surface area (Å²) in [6, 6.07) is 11.7. The minimum absolute atomic E-state index is 0.0557. The largest absolute Gasteiger partial charge is 0.376 e. The highest BCUT2D eigenvalue weighted by atomic mass is 35.5. The molecular weight excluding hydrogens is 445 g/mol. The van der Waals surface area contributed by atoms with Crippen molar-refractivity contribution in [3.8, 4) is 0 Å². The van der Waals surface area contributed by atoms with Crippen LogP contribution in [-0.4, -0.2) is 49.1 Å². The molecule has 0 radical (unpaired) electrons. The van der Waals surface area contributed by atoms with Crippen LogP contribution < -0.4 is 10.6 Å². The highest BCUT2D eigenvalue weighted by Crippen LogP contribution is 2.26. The lowest BCUT2D eigenvalue weighted by Gasteiger charge is -2.31. The second-order valence-electron chi connectivity index (χ2n) is 8.63. The van der Waals surface area contributed by atoms with Gasteiger partial charge in [0.2, 0.25) is 5.91 Å². The van der Waals surface area contributed by atoms with E-state index in [1.807, 2.05) is 0 Å². The van der Waals surface area contributed by atoms with Crippen molar-refractivity contribution in [2.24, 2.45) is 5.92 Å². The van der Waals surface area contributed by atoms with Crippen molar-refractivity contribution in [2.45, 2.75) is 38.3 Å². The number of carbonyl (C=O) groups excluding carboxylic acids is 2. The molecule has 2 fully saturated rings. The maximum Gasteiger partial charge on any atom is 0.253 e. The quantitative estimate of drug-likeness (QED) is 0.631. The second kappa shape index (κ2) is 11.1. The van der Waals surface area contributed by atoms with Crippen LogP contribution in [0.1, 0.15) is 41.6 Å². The van der Waals surface area contributed by atoms with Gasteiger partial charge in [0.25, 0.3) is 5.91 Å². The molecule has 2 aliphatic heterocycles. The van der Waals surface area contributed by atoms with Crippen LogP contribution in [0.25, 0.3) is 0 Å². The summed E-state index contributed by atoms with van der Waals surface area (Å²) in [7, 11) is 0. The summed E-state index contributed by atoms with van der Waals surface area (Å²) in [5.74, 6) is -0.798. The number of amides is 2. The van der Waals surface area contributed by atoms with Crippen LogP contribution in [0.4, 0.5) is 10.1 Å². The number of anilines is 1. The molecule has 4 rings (SSSR count). The molecule has 2 amide bonds. The maximum atomic E-state index is 14.1. The van der Waals surface area contributed by atoms with Crippen LogP contribution in [0.5, 0.6) is 0 Å². The Balaban J connectivity index is 1.30. The summed E-state index contributed by atoms with van der Waals surface area (Å²) in [6.45, 7) is 2.97. The monoisotopic (exact) mass is 473 g/mol. The van der Waals surface area contributed by atoms with Gasteiger partial charge in [-0.2, -0.15) is 0 Å². The van der Waals surface area contributed by atoms with Crippen molar-refractivity contribution in [3.05, 3.63) is 64.4 Å². The number of likely N-dealkylation sites (tertiary alicyclic amines) is 1. The average molecular weight is 474 g/mol. The normalized spacial score (nSPS) is 19.4. The molecule has 6 nitrogen and oxygen atoms in total. The molecule has 176 valence electrons. The number of nitrogens with zero attached hydrogens (tertiary/aromatic N) is 1. The standard InChI is InChI=1S/C25H29ClFN3O3/c26-21-7-3-8-22(27)20(21)16-30-12-10-17(11-13-30)24(31)29-23-9-2-1-6-19(23)25(32)28-15-18-5-4-14-33-18/h1-3,6-9,17-18H,4-5,10-16H2,(H,28,32)(H,29,31)/t18-/m1/s1. The van der Waals surface area contributed by atoms with E-state index in [2.05, 4.69) is 15.5 Å². The van der Waals surface area contributed by atoms with Gasteiger partial charge in [-0.1, -0.05) is 29.8 Å². The molecule has 0 aliphatic carbocycles. The van der Waals surface area contributed by atoms with Crippen molar-refractivity contribution < 1.29 is 18.7 Å².